The van der Waals surface area contributed by atoms with E-state index in [9.17, 15) is 0 Å². The van der Waals surface area contributed by atoms with Crippen LogP contribution in [0.5, 0.6) is 0 Å². The van der Waals surface area contributed by atoms with Crippen molar-refractivity contribution in [2.45, 2.75) is 46.8 Å². The molecular weight excluding hydrogens is 356 g/mol. The summed E-state index contributed by atoms with van der Waals surface area (Å²) in [5.74, 6) is 0. The molecule has 0 saturated heterocycles. The van der Waals surface area contributed by atoms with Gasteiger partial charge in [0.15, 0.2) is 0 Å². The summed E-state index contributed by atoms with van der Waals surface area (Å²) >= 11 is 0. The van der Waals surface area contributed by atoms with E-state index in [4.69, 9.17) is 9.47 Å². The quantitative estimate of drug-likeness (QED) is 0.419. The van der Waals surface area contributed by atoms with Crippen molar-refractivity contribution < 1.29 is 9.47 Å². The third-order valence-electron chi connectivity index (χ3n) is 5.00. The highest BCUT2D eigenvalue weighted by Crippen LogP contribution is 2.25. The third-order valence-corrected chi connectivity index (χ3v) is 5.00. The van der Waals surface area contributed by atoms with Crippen molar-refractivity contribution in [1.29, 1.82) is 0 Å². The fraction of sp³-hybridized carbons (Fsp3) is 0.333. The highest BCUT2D eigenvalue weighted by Gasteiger charge is 2.14. The molecule has 2 nitrogen and oxygen atoms in total. The number of benzene rings is 3. The maximum atomic E-state index is 6.35. The lowest BCUT2D eigenvalue weighted by Crippen LogP contribution is -2.09. The lowest BCUT2D eigenvalue weighted by atomic mass is 10.0. The van der Waals surface area contributed by atoms with Gasteiger partial charge in [-0.1, -0.05) is 78.9 Å². The maximum Gasteiger partial charge on any atom is 0.0869 e. The molecule has 2 heteroatoms. The molecule has 0 aliphatic rings. The molecule has 0 saturated carbocycles. The molecule has 3 rings (SSSR count). The van der Waals surface area contributed by atoms with E-state index in [1.165, 1.54) is 27.8 Å². The topological polar surface area (TPSA) is 18.5 Å². The molecule has 0 aliphatic heterocycles. The largest absolute Gasteiger partial charge is 0.382 e. The Bertz CT molecular complexity index is 810. The molecule has 0 N–H and O–H groups in total. The second-order valence-electron chi connectivity index (χ2n) is 7.04. The Hall–Kier alpha value is -2.42. The SMILES string of the molecule is CCOCC.Cc1cccc(COC(Cc2ccccc2)c2ccccc2)c1C. The van der Waals surface area contributed by atoms with Gasteiger partial charge in [0, 0.05) is 19.6 Å². The first-order chi connectivity index (χ1) is 14.2. The zero-order chi connectivity index (χ0) is 20.9. The van der Waals surface area contributed by atoms with Crippen molar-refractivity contribution in [2.24, 2.45) is 0 Å². The molecule has 0 spiro atoms. The van der Waals surface area contributed by atoms with E-state index >= 15 is 0 Å². The van der Waals surface area contributed by atoms with Crippen LogP contribution >= 0.6 is 0 Å². The average molecular weight is 391 g/mol. The van der Waals surface area contributed by atoms with Gasteiger partial charge in [-0.3, -0.25) is 0 Å². The standard InChI is InChI=1S/C23H24O.C4H10O/c1-18-10-9-15-22(19(18)2)17-24-23(21-13-7-4-8-14-21)16-20-11-5-3-6-12-20;1-3-5-4-2/h3-15,23H,16-17H2,1-2H3;3-4H2,1-2H3. The minimum Gasteiger partial charge on any atom is -0.382 e. The highest BCUT2D eigenvalue weighted by molar-refractivity contribution is 5.32. The van der Waals surface area contributed by atoms with Crippen LogP contribution in [0.3, 0.4) is 0 Å². The Labute approximate surface area is 176 Å². The van der Waals surface area contributed by atoms with Crippen LogP contribution in [0.2, 0.25) is 0 Å². The molecule has 29 heavy (non-hydrogen) atoms. The van der Waals surface area contributed by atoms with Crippen LogP contribution < -0.4 is 0 Å². The number of aryl methyl sites for hydroxylation is 1. The molecule has 1 unspecified atom stereocenters. The summed E-state index contributed by atoms with van der Waals surface area (Å²) in [5, 5.41) is 0. The second-order valence-corrected chi connectivity index (χ2v) is 7.04. The lowest BCUT2D eigenvalue weighted by molar-refractivity contribution is 0.0396. The van der Waals surface area contributed by atoms with Crippen LogP contribution in [-0.4, -0.2) is 13.2 Å². The van der Waals surface area contributed by atoms with Gasteiger partial charge in [0.2, 0.25) is 0 Å². The molecule has 0 radical (unpaired) electrons. The highest BCUT2D eigenvalue weighted by atomic mass is 16.5. The lowest BCUT2D eigenvalue weighted by Gasteiger charge is -2.20. The normalized spacial score (nSPS) is 11.4. The van der Waals surface area contributed by atoms with Crippen LogP contribution in [0.25, 0.3) is 0 Å². The van der Waals surface area contributed by atoms with Gasteiger partial charge >= 0.3 is 0 Å². The zero-order valence-corrected chi connectivity index (χ0v) is 18.2. The van der Waals surface area contributed by atoms with Crippen molar-refractivity contribution in [1.82, 2.24) is 0 Å². The Morgan fingerprint density at radius 1 is 0.724 bits per heavy atom. The molecule has 0 amide bonds. The Kier molecular flexibility index (Phi) is 10.2. The van der Waals surface area contributed by atoms with E-state index in [1.807, 2.05) is 19.9 Å². The number of ether oxygens (including phenoxy) is 2. The monoisotopic (exact) mass is 390 g/mol. The van der Waals surface area contributed by atoms with E-state index in [-0.39, 0.29) is 6.10 Å². The van der Waals surface area contributed by atoms with Gasteiger partial charge in [0.25, 0.3) is 0 Å². The third kappa shape index (κ3) is 7.84. The molecule has 3 aromatic rings. The van der Waals surface area contributed by atoms with E-state index in [0.29, 0.717) is 6.61 Å². The summed E-state index contributed by atoms with van der Waals surface area (Å²) in [5.41, 5.74) is 6.43. The first kappa shape index (κ1) is 22.9. The van der Waals surface area contributed by atoms with Crippen molar-refractivity contribution in [3.8, 4) is 0 Å². The van der Waals surface area contributed by atoms with Gasteiger partial charge in [-0.05, 0) is 55.5 Å². The summed E-state index contributed by atoms with van der Waals surface area (Å²) in [6.07, 6.45) is 0.948. The predicted molar refractivity (Wildman–Crippen MR) is 122 cm³/mol. The maximum absolute atomic E-state index is 6.35. The fourth-order valence-electron chi connectivity index (χ4n) is 3.13. The molecule has 0 fully saturated rings. The minimum atomic E-state index is 0.0634. The van der Waals surface area contributed by atoms with Gasteiger partial charge in [-0.15, -0.1) is 0 Å². The van der Waals surface area contributed by atoms with Gasteiger partial charge in [-0.25, -0.2) is 0 Å². The fourth-order valence-corrected chi connectivity index (χ4v) is 3.13. The Balaban J connectivity index is 0.000000537. The molecule has 0 bridgehead atoms. The Morgan fingerprint density at radius 3 is 1.93 bits per heavy atom. The Morgan fingerprint density at radius 2 is 1.34 bits per heavy atom. The summed E-state index contributed by atoms with van der Waals surface area (Å²) in [7, 11) is 0. The molecule has 0 aromatic heterocycles. The van der Waals surface area contributed by atoms with Crippen molar-refractivity contribution in [3.63, 3.8) is 0 Å². The summed E-state index contributed by atoms with van der Waals surface area (Å²) in [4.78, 5) is 0. The molecule has 0 heterocycles. The van der Waals surface area contributed by atoms with Crippen LogP contribution in [0.1, 0.15) is 47.8 Å². The van der Waals surface area contributed by atoms with Crippen LogP contribution in [0.4, 0.5) is 0 Å². The van der Waals surface area contributed by atoms with Crippen LogP contribution in [0, 0.1) is 13.8 Å². The van der Waals surface area contributed by atoms with Gasteiger partial charge in [0.1, 0.15) is 0 Å². The van der Waals surface area contributed by atoms with Crippen LogP contribution in [0.15, 0.2) is 78.9 Å². The summed E-state index contributed by atoms with van der Waals surface area (Å²) in [6, 6.07) is 27.5. The molecule has 3 aromatic carbocycles. The molecule has 154 valence electrons. The van der Waals surface area contributed by atoms with Gasteiger partial charge < -0.3 is 9.47 Å². The first-order valence-electron chi connectivity index (χ1n) is 10.5. The molecular formula is C27H34O2. The van der Waals surface area contributed by atoms with Crippen molar-refractivity contribution >= 4 is 0 Å². The zero-order valence-electron chi connectivity index (χ0n) is 18.2. The van der Waals surface area contributed by atoms with Gasteiger partial charge in [-0.2, -0.15) is 0 Å². The number of hydrogen-bond donors (Lipinski definition) is 0. The summed E-state index contributed by atoms with van der Waals surface area (Å²) < 4.78 is 11.2. The van der Waals surface area contributed by atoms with E-state index in [1.54, 1.807) is 0 Å². The van der Waals surface area contributed by atoms with E-state index in [2.05, 4.69) is 86.6 Å². The number of rotatable bonds is 8. The van der Waals surface area contributed by atoms with E-state index < -0.39 is 0 Å². The summed E-state index contributed by atoms with van der Waals surface area (Å²) in [6.45, 7) is 10.6. The van der Waals surface area contributed by atoms with E-state index in [0.717, 1.165) is 19.6 Å². The first-order valence-corrected chi connectivity index (χ1v) is 10.5. The van der Waals surface area contributed by atoms with Crippen LogP contribution in [-0.2, 0) is 22.5 Å². The molecule has 1 atom stereocenters. The second kappa shape index (κ2) is 12.9. The molecule has 0 aliphatic carbocycles. The average Bonchev–Trinajstić information content (AvgIpc) is 2.76. The number of hydrogen-bond acceptors (Lipinski definition) is 2. The predicted octanol–water partition coefficient (Wildman–Crippen LogP) is 6.85. The van der Waals surface area contributed by atoms with Crippen molar-refractivity contribution in [3.05, 3.63) is 107 Å². The minimum absolute atomic E-state index is 0.0634. The van der Waals surface area contributed by atoms with Crippen molar-refractivity contribution in [2.75, 3.05) is 13.2 Å². The van der Waals surface area contributed by atoms with Gasteiger partial charge in [0.05, 0.1) is 12.7 Å². The smallest absolute Gasteiger partial charge is 0.0869 e.